The van der Waals surface area contributed by atoms with E-state index in [4.69, 9.17) is 11.6 Å². The maximum Gasteiger partial charge on any atom is 0.253 e. The van der Waals surface area contributed by atoms with Crippen LogP contribution in [0.15, 0.2) is 83.9 Å². The maximum atomic E-state index is 13.2. The van der Waals surface area contributed by atoms with Crippen molar-refractivity contribution in [3.63, 3.8) is 0 Å². The first-order chi connectivity index (χ1) is 17.7. The van der Waals surface area contributed by atoms with Crippen LogP contribution in [-0.2, 0) is 21.2 Å². The molecule has 4 aromatic rings. The summed E-state index contributed by atoms with van der Waals surface area (Å²) in [5.74, 6) is -0.338. The quantitative estimate of drug-likeness (QED) is 0.375. The summed E-state index contributed by atoms with van der Waals surface area (Å²) < 4.78 is 26.3. The van der Waals surface area contributed by atoms with Crippen LogP contribution in [-0.4, -0.2) is 42.4 Å². The number of sulfone groups is 1. The maximum absolute atomic E-state index is 13.2. The zero-order valence-corrected chi connectivity index (χ0v) is 22.0. The standard InChI is InChI=1S/C29H27ClN2O4S/c1-20-7-12-24(25(30)18-20)29(34)13-16-32(17-14-29)28(33)23-10-8-21(9-11-23)19-37(35,36)26-6-2-4-22-5-3-15-31-27(22)26/h2-12,15,18,34H,13-14,16-17,19H2,1H3. The summed E-state index contributed by atoms with van der Waals surface area (Å²) >= 11 is 6.39. The van der Waals surface area contributed by atoms with E-state index in [1.807, 2.05) is 37.3 Å². The Morgan fingerprint density at radius 2 is 1.73 bits per heavy atom. The number of fused-ring (bicyclic) bond motifs is 1. The number of aryl methyl sites for hydroxylation is 1. The highest BCUT2D eigenvalue weighted by molar-refractivity contribution is 7.90. The summed E-state index contributed by atoms with van der Waals surface area (Å²) in [6.45, 7) is 2.73. The number of hydrogen-bond acceptors (Lipinski definition) is 5. The first-order valence-corrected chi connectivity index (χ1v) is 14.1. The number of rotatable bonds is 5. The summed E-state index contributed by atoms with van der Waals surface area (Å²) in [5.41, 5.74) is 2.16. The van der Waals surface area contributed by atoms with Crippen molar-refractivity contribution in [3.8, 4) is 0 Å². The number of pyridine rings is 1. The molecule has 5 rings (SSSR count). The second-order valence-electron chi connectivity index (χ2n) is 9.59. The van der Waals surface area contributed by atoms with E-state index in [-0.39, 0.29) is 16.6 Å². The molecule has 0 atom stereocenters. The van der Waals surface area contributed by atoms with Crippen molar-refractivity contribution in [2.75, 3.05) is 13.1 Å². The smallest absolute Gasteiger partial charge is 0.253 e. The molecule has 0 bridgehead atoms. The van der Waals surface area contributed by atoms with Crippen LogP contribution in [0.3, 0.4) is 0 Å². The molecular weight excluding hydrogens is 508 g/mol. The van der Waals surface area contributed by atoms with Gasteiger partial charge in [-0.1, -0.05) is 54.1 Å². The fraction of sp³-hybridized carbons (Fsp3) is 0.241. The predicted octanol–water partition coefficient (Wildman–Crippen LogP) is 5.29. The predicted molar refractivity (Wildman–Crippen MR) is 144 cm³/mol. The van der Waals surface area contributed by atoms with Crippen LogP contribution in [0.25, 0.3) is 10.9 Å². The molecule has 190 valence electrons. The van der Waals surface area contributed by atoms with E-state index < -0.39 is 15.4 Å². The number of halogens is 1. The highest BCUT2D eigenvalue weighted by Gasteiger charge is 2.37. The third-order valence-electron chi connectivity index (χ3n) is 6.99. The minimum Gasteiger partial charge on any atom is -0.385 e. The molecule has 1 saturated heterocycles. The van der Waals surface area contributed by atoms with Crippen molar-refractivity contribution in [2.24, 2.45) is 0 Å². The van der Waals surface area contributed by atoms with E-state index in [0.29, 0.717) is 53.2 Å². The summed E-state index contributed by atoms with van der Waals surface area (Å²) in [6.07, 6.45) is 2.35. The first-order valence-electron chi connectivity index (χ1n) is 12.1. The SMILES string of the molecule is Cc1ccc(C2(O)CCN(C(=O)c3ccc(CS(=O)(=O)c4cccc5cccnc45)cc3)CC2)c(Cl)c1. The van der Waals surface area contributed by atoms with E-state index in [1.165, 1.54) is 0 Å². The van der Waals surface area contributed by atoms with Crippen molar-refractivity contribution in [3.05, 3.63) is 106 Å². The Balaban J connectivity index is 1.27. The van der Waals surface area contributed by atoms with Crippen molar-refractivity contribution in [1.82, 2.24) is 9.88 Å². The van der Waals surface area contributed by atoms with E-state index in [2.05, 4.69) is 4.98 Å². The molecule has 2 heterocycles. The number of benzene rings is 3. The van der Waals surface area contributed by atoms with Crippen LogP contribution < -0.4 is 0 Å². The molecule has 0 unspecified atom stereocenters. The molecule has 37 heavy (non-hydrogen) atoms. The molecule has 3 aromatic carbocycles. The average molecular weight is 535 g/mol. The monoisotopic (exact) mass is 534 g/mol. The Morgan fingerprint density at radius 1 is 1.03 bits per heavy atom. The fourth-order valence-electron chi connectivity index (χ4n) is 4.90. The summed E-state index contributed by atoms with van der Waals surface area (Å²) in [6, 6.07) is 21.0. The van der Waals surface area contributed by atoms with Crippen molar-refractivity contribution in [1.29, 1.82) is 0 Å². The van der Waals surface area contributed by atoms with E-state index in [1.54, 1.807) is 53.6 Å². The molecule has 1 fully saturated rings. The number of amides is 1. The van der Waals surface area contributed by atoms with Crippen molar-refractivity contribution in [2.45, 2.75) is 36.0 Å². The van der Waals surface area contributed by atoms with Gasteiger partial charge in [-0.25, -0.2) is 8.42 Å². The molecule has 0 saturated carbocycles. The van der Waals surface area contributed by atoms with Gasteiger partial charge in [0.15, 0.2) is 9.84 Å². The van der Waals surface area contributed by atoms with Crippen LogP contribution in [0.1, 0.15) is 39.9 Å². The Labute approximate surface area is 221 Å². The lowest BCUT2D eigenvalue weighted by Gasteiger charge is -2.39. The van der Waals surface area contributed by atoms with Gasteiger partial charge in [-0.15, -0.1) is 0 Å². The number of piperidine rings is 1. The van der Waals surface area contributed by atoms with E-state index >= 15 is 0 Å². The second kappa shape index (κ2) is 9.89. The van der Waals surface area contributed by atoms with Crippen LogP contribution in [0.5, 0.6) is 0 Å². The van der Waals surface area contributed by atoms with Crippen molar-refractivity contribution < 1.29 is 18.3 Å². The number of aromatic nitrogens is 1. The fourth-order valence-corrected chi connectivity index (χ4v) is 6.85. The molecule has 1 aliphatic rings. The number of carbonyl (C=O) groups is 1. The molecule has 8 heteroatoms. The van der Waals surface area contributed by atoms with Gasteiger partial charge in [0.05, 0.1) is 21.8 Å². The molecule has 0 radical (unpaired) electrons. The number of carbonyl (C=O) groups excluding carboxylic acids is 1. The Kier molecular flexibility index (Phi) is 6.79. The Bertz CT molecular complexity index is 1570. The second-order valence-corrected chi connectivity index (χ2v) is 12.0. The highest BCUT2D eigenvalue weighted by Crippen LogP contribution is 2.37. The molecule has 0 spiro atoms. The van der Waals surface area contributed by atoms with Gasteiger partial charge in [0.25, 0.3) is 5.91 Å². The minimum atomic E-state index is -3.64. The van der Waals surface area contributed by atoms with Crippen molar-refractivity contribution >= 4 is 38.2 Å². The average Bonchev–Trinajstić information content (AvgIpc) is 2.88. The lowest BCUT2D eigenvalue weighted by molar-refractivity contribution is -0.0210. The Morgan fingerprint density at radius 3 is 2.43 bits per heavy atom. The van der Waals surface area contributed by atoms with Gasteiger partial charge in [-0.3, -0.25) is 9.78 Å². The van der Waals surface area contributed by atoms with Crippen LogP contribution in [0.4, 0.5) is 0 Å². The van der Waals surface area contributed by atoms with Gasteiger partial charge in [0.1, 0.15) is 0 Å². The number of nitrogens with zero attached hydrogens (tertiary/aromatic N) is 2. The van der Waals surface area contributed by atoms with E-state index in [0.717, 1.165) is 10.9 Å². The third kappa shape index (κ3) is 5.12. The molecule has 0 aliphatic carbocycles. The number of para-hydroxylation sites is 1. The van der Waals surface area contributed by atoms with Crippen LogP contribution in [0, 0.1) is 6.92 Å². The summed E-state index contributed by atoms with van der Waals surface area (Å²) in [4.78, 5) is 19.3. The normalized spacial score (nSPS) is 15.6. The number of aliphatic hydroxyl groups is 1. The lowest BCUT2D eigenvalue weighted by atomic mass is 9.84. The first kappa shape index (κ1) is 25.4. The van der Waals surface area contributed by atoms with Gasteiger partial charge >= 0.3 is 0 Å². The molecule has 1 aromatic heterocycles. The zero-order valence-electron chi connectivity index (χ0n) is 20.4. The van der Waals surface area contributed by atoms with Gasteiger partial charge in [-0.2, -0.15) is 0 Å². The zero-order chi connectivity index (χ0) is 26.2. The number of hydrogen-bond donors (Lipinski definition) is 1. The molecule has 1 amide bonds. The number of likely N-dealkylation sites (tertiary alicyclic amines) is 1. The van der Waals surface area contributed by atoms with Gasteiger partial charge in [-0.05, 0) is 61.2 Å². The molecule has 1 aliphatic heterocycles. The summed E-state index contributed by atoms with van der Waals surface area (Å²) in [7, 11) is -3.64. The molecule has 1 N–H and O–H groups in total. The van der Waals surface area contributed by atoms with E-state index in [9.17, 15) is 18.3 Å². The van der Waals surface area contributed by atoms with Gasteiger partial charge < -0.3 is 10.0 Å². The van der Waals surface area contributed by atoms with Gasteiger partial charge in [0.2, 0.25) is 0 Å². The van der Waals surface area contributed by atoms with Crippen LogP contribution >= 0.6 is 11.6 Å². The minimum absolute atomic E-state index is 0.148. The summed E-state index contributed by atoms with van der Waals surface area (Å²) in [5, 5.41) is 12.5. The lowest BCUT2D eigenvalue weighted by Crippen LogP contribution is -2.45. The highest BCUT2D eigenvalue weighted by atomic mass is 35.5. The molecule has 6 nitrogen and oxygen atoms in total. The molecular formula is C29H27ClN2O4S. The Hall–Kier alpha value is -3.26. The van der Waals surface area contributed by atoms with Gasteiger partial charge in [0, 0.05) is 40.8 Å². The van der Waals surface area contributed by atoms with Crippen LogP contribution in [0.2, 0.25) is 5.02 Å². The topological polar surface area (TPSA) is 87.6 Å². The largest absolute Gasteiger partial charge is 0.385 e. The third-order valence-corrected chi connectivity index (χ3v) is 9.02.